The van der Waals surface area contributed by atoms with Gasteiger partial charge in [0.2, 0.25) is 11.8 Å². The lowest BCUT2D eigenvalue weighted by atomic mass is 10.1. The zero-order chi connectivity index (χ0) is 21.0. The second kappa shape index (κ2) is 9.22. The average molecular weight is 398 g/mol. The van der Waals surface area contributed by atoms with Gasteiger partial charge >= 0.3 is 0 Å². The van der Waals surface area contributed by atoms with Crippen LogP contribution >= 0.6 is 0 Å². The van der Waals surface area contributed by atoms with Crippen LogP contribution in [-0.2, 0) is 9.59 Å². The lowest BCUT2D eigenvalue weighted by Gasteiger charge is -2.35. The van der Waals surface area contributed by atoms with Crippen molar-refractivity contribution in [2.45, 2.75) is 34.1 Å². The van der Waals surface area contributed by atoms with Crippen molar-refractivity contribution in [1.29, 1.82) is 0 Å². The molecule has 3 rings (SSSR count). The van der Waals surface area contributed by atoms with E-state index in [-0.39, 0.29) is 17.7 Å². The molecule has 1 N–H and O–H groups in total. The smallest absolute Gasteiger partial charge is 0.225 e. The SMILES string of the molecule is Cc1nn(-c2ccccc2)c(C)c1NC(=O)CCN1CCN(C(=O)C(C)C)CC1. The molecule has 0 unspecified atom stereocenters. The highest BCUT2D eigenvalue weighted by molar-refractivity contribution is 5.92. The fraction of sp³-hybridized carbons (Fsp3) is 0.500. The number of carbonyl (C=O) groups excluding carboxylic acids is 2. The molecule has 0 aliphatic carbocycles. The van der Waals surface area contributed by atoms with Crippen molar-refractivity contribution >= 4 is 17.5 Å². The lowest BCUT2D eigenvalue weighted by molar-refractivity contribution is -0.136. The maximum Gasteiger partial charge on any atom is 0.225 e. The van der Waals surface area contributed by atoms with Gasteiger partial charge in [-0.05, 0) is 26.0 Å². The first-order valence-corrected chi connectivity index (χ1v) is 10.3. The molecule has 0 bridgehead atoms. The number of nitrogens with one attached hydrogen (secondary N) is 1. The van der Waals surface area contributed by atoms with Crippen molar-refractivity contribution in [3.05, 3.63) is 41.7 Å². The highest BCUT2D eigenvalue weighted by Crippen LogP contribution is 2.23. The van der Waals surface area contributed by atoms with Crippen LogP contribution in [-0.4, -0.2) is 64.1 Å². The van der Waals surface area contributed by atoms with E-state index in [0.717, 1.165) is 48.9 Å². The molecule has 2 amide bonds. The normalized spacial score (nSPS) is 15.0. The number of aryl methyl sites for hydroxylation is 1. The van der Waals surface area contributed by atoms with Crippen molar-refractivity contribution in [2.24, 2.45) is 5.92 Å². The molecule has 1 fully saturated rings. The summed E-state index contributed by atoms with van der Waals surface area (Å²) < 4.78 is 1.86. The molecule has 0 saturated carbocycles. The van der Waals surface area contributed by atoms with E-state index in [4.69, 9.17) is 0 Å². The van der Waals surface area contributed by atoms with Gasteiger partial charge < -0.3 is 10.2 Å². The average Bonchev–Trinajstić information content (AvgIpc) is 3.01. The predicted octanol–water partition coefficient (Wildman–Crippen LogP) is 2.62. The standard InChI is InChI=1S/C22H31N5O2/c1-16(2)22(29)26-14-12-25(13-15-26)11-10-20(28)23-21-17(3)24-27(18(21)4)19-8-6-5-7-9-19/h5-9,16H,10-15H2,1-4H3,(H,23,28). The van der Waals surface area contributed by atoms with Crippen molar-refractivity contribution in [3.63, 3.8) is 0 Å². The van der Waals surface area contributed by atoms with Gasteiger partial charge in [-0.15, -0.1) is 0 Å². The van der Waals surface area contributed by atoms with Crippen LogP contribution in [0.15, 0.2) is 30.3 Å². The third-order valence-corrected chi connectivity index (χ3v) is 5.39. The molecule has 156 valence electrons. The van der Waals surface area contributed by atoms with Crippen molar-refractivity contribution in [3.8, 4) is 5.69 Å². The predicted molar refractivity (Wildman–Crippen MR) is 114 cm³/mol. The van der Waals surface area contributed by atoms with E-state index >= 15 is 0 Å². The molecule has 1 aliphatic rings. The molecule has 29 heavy (non-hydrogen) atoms. The largest absolute Gasteiger partial charge is 0.340 e. The van der Waals surface area contributed by atoms with E-state index in [1.807, 2.05) is 67.6 Å². The lowest BCUT2D eigenvalue weighted by Crippen LogP contribution is -2.50. The Morgan fingerprint density at radius 2 is 1.72 bits per heavy atom. The molecule has 0 atom stereocenters. The van der Waals surface area contributed by atoms with Gasteiger partial charge in [0, 0.05) is 45.1 Å². The number of carbonyl (C=O) groups is 2. The van der Waals surface area contributed by atoms with Gasteiger partial charge in [0.05, 0.1) is 22.8 Å². The summed E-state index contributed by atoms with van der Waals surface area (Å²) in [5.74, 6) is 0.240. The van der Waals surface area contributed by atoms with Crippen molar-refractivity contribution in [2.75, 3.05) is 38.0 Å². The van der Waals surface area contributed by atoms with Gasteiger partial charge in [-0.25, -0.2) is 4.68 Å². The molecule has 0 spiro atoms. The summed E-state index contributed by atoms with van der Waals surface area (Å²) in [4.78, 5) is 28.8. The van der Waals surface area contributed by atoms with E-state index in [9.17, 15) is 9.59 Å². The van der Waals surface area contributed by atoms with Crippen LogP contribution in [0, 0.1) is 19.8 Å². The summed E-state index contributed by atoms with van der Waals surface area (Å²) >= 11 is 0. The van der Waals surface area contributed by atoms with E-state index in [1.54, 1.807) is 0 Å². The van der Waals surface area contributed by atoms with Gasteiger partial charge in [0.25, 0.3) is 0 Å². The summed E-state index contributed by atoms with van der Waals surface area (Å²) in [6.07, 6.45) is 0.424. The van der Waals surface area contributed by atoms with Gasteiger partial charge in [-0.2, -0.15) is 5.10 Å². The number of piperazine rings is 1. The molecule has 1 aromatic carbocycles. The Balaban J connectivity index is 1.52. The fourth-order valence-electron chi connectivity index (χ4n) is 3.66. The highest BCUT2D eigenvalue weighted by atomic mass is 16.2. The molecule has 2 aromatic rings. The van der Waals surface area contributed by atoms with Crippen LogP contribution in [0.3, 0.4) is 0 Å². The minimum Gasteiger partial charge on any atom is -0.340 e. The number of rotatable bonds is 6. The van der Waals surface area contributed by atoms with Gasteiger partial charge in [0.15, 0.2) is 0 Å². The number of para-hydroxylation sites is 1. The number of aromatic nitrogens is 2. The topological polar surface area (TPSA) is 70.5 Å². The molecule has 1 aromatic heterocycles. The molecule has 1 aliphatic heterocycles. The Morgan fingerprint density at radius 1 is 1.07 bits per heavy atom. The van der Waals surface area contributed by atoms with Gasteiger partial charge in [-0.1, -0.05) is 32.0 Å². The quantitative estimate of drug-likeness (QED) is 0.813. The fourth-order valence-corrected chi connectivity index (χ4v) is 3.66. The van der Waals surface area contributed by atoms with E-state index in [0.29, 0.717) is 13.0 Å². The van der Waals surface area contributed by atoms with Crippen LogP contribution in [0.5, 0.6) is 0 Å². The van der Waals surface area contributed by atoms with E-state index in [1.165, 1.54) is 0 Å². The Hall–Kier alpha value is -2.67. The van der Waals surface area contributed by atoms with Crippen molar-refractivity contribution < 1.29 is 9.59 Å². The molecule has 7 heteroatoms. The number of hydrogen-bond donors (Lipinski definition) is 1. The zero-order valence-electron chi connectivity index (χ0n) is 17.8. The van der Waals surface area contributed by atoms with Crippen molar-refractivity contribution in [1.82, 2.24) is 19.6 Å². The van der Waals surface area contributed by atoms with Gasteiger partial charge in [-0.3, -0.25) is 14.5 Å². The molecular weight excluding hydrogens is 366 g/mol. The Labute approximate surface area is 172 Å². The van der Waals surface area contributed by atoms with E-state index < -0.39 is 0 Å². The Morgan fingerprint density at radius 3 is 2.34 bits per heavy atom. The van der Waals surface area contributed by atoms with Crippen LogP contribution in [0.25, 0.3) is 5.69 Å². The summed E-state index contributed by atoms with van der Waals surface area (Å²) in [5.41, 5.74) is 3.48. The molecular formula is C22H31N5O2. The highest BCUT2D eigenvalue weighted by Gasteiger charge is 2.23. The third kappa shape index (κ3) is 5.03. The second-order valence-electron chi connectivity index (χ2n) is 7.91. The molecule has 7 nitrogen and oxygen atoms in total. The number of anilines is 1. The maximum atomic E-state index is 12.5. The van der Waals surface area contributed by atoms with Gasteiger partial charge in [0.1, 0.15) is 0 Å². The van der Waals surface area contributed by atoms with E-state index in [2.05, 4.69) is 15.3 Å². The number of amides is 2. The van der Waals surface area contributed by atoms with Crippen LogP contribution in [0.1, 0.15) is 31.7 Å². The number of hydrogen-bond acceptors (Lipinski definition) is 4. The minimum absolute atomic E-state index is 0.00972. The Bertz CT molecular complexity index is 852. The molecule has 2 heterocycles. The summed E-state index contributed by atoms with van der Waals surface area (Å²) in [6, 6.07) is 9.90. The van der Waals surface area contributed by atoms with Crippen LogP contribution in [0.2, 0.25) is 0 Å². The second-order valence-corrected chi connectivity index (χ2v) is 7.91. The molecule has 0 radical (unpaired) electrons. The first-order chi connectivity index (χ1) is 13.9. The van der Waals surface area contributed by atoms with Crippen LogP contribution < -0.4 is 5.32 Å². The summed E-state index contributed by atoms with van der Waals surface area (Å²) in [5, 5.41) is 7.61. The minimum atomic E-state index is -0.00972. The first-order valence-electron chi connectivity index (χ1n) is 10.3. The number of benzene rings is 1. The maximum absolute atomic E-state index is 12.5. The first kappa shape index (κ1) is 21.0. The zero-order valence-corrected chi connectivity index (χ0v) is 17.8. The Kier molecular flexibility index (Phi) is 6.69. The monoisotopic (exact) mass is 397 g/mol. The molecule has 1 saturated heterocycles. The number of nitrogens with zero attached hydrogens (tertiary/aromatic N) is 4. The summed E-state index contributed by atoms with van der Waals surface area (Å²) in [7, 11) is 0. The third-order valence-electron chi connectivity index (χ3n) is 5.39. The summed E-state index contributed by atoms with van der Waals surface area (Å²) in [6.45, 7) is 11.5. The van der Waals surface area contributed by atoms with Crippen LogP contribution in [0.4, 0.5) is 5.69 Å².